The van der Waals surface area contributed by atoms with Crippen molar-refractivity contribution in [2.75, 3.05) is 0 Å². The third kappa shape index (κ3) is 1.49. The highest BCUT2D eigenvalue weighted by atomic mass is 16.3. The molecule has 0 amide bonds. The van der Waals surface area contributed by atoms with Crippen molar-refractivity contribution in [1.82, 2.24) is 0 Å². The lowest BCUT2D eigenvalue weighted by atomic mass is 9.50. The average Bonchev–Trinajstić information content (AvgIpc) is 2.11. The maximum Gasteiger partial charge on any atom is 0.0862 e. The summed E-state index contributed by atoms with van der Waals surface area (Å²) in [4.78, 5) is 0. The first kappa shape index (κ1) is 11.9. The molecule has 0 aromatic heterocycles. The van der Waals surface area contributed by atoms with Gasteiger partial charge in [-0.2, -0.15) is 5.26 Å². The molecule has 0 bridgehead atoms. The number of nitrogens with zero attached hydrogens (tertiary/aromatic N) is 1. The largest absolute Gasteiger partial charge is 0.388 e. The summed E-state index contributed by atoms with van der Waals surface area (Å²) in [6.45, 7) is 6.66. The van der Waals surface area contributed by atoms with Gasteiger partial charge in [0.15, 0.2) is 0 Å². The molecule has 0 radical (unpaired) electrons. The van der Waals surface area contributed by atoms with Crippen LogP contribution in [-0.4, -0.2) is 10.7 Å². The first-order valence-corrected chi connectivity index (χ1v) is 6.49. The van der Waals surface area contributed by atoms with Gasteiger partial charge in [0.25, 0.3) is 0 Å². The van der Waals surface area contributed by atoms with E-state index in [1.807, 2.05) is 0 Å². The zero-order valence-electron chi connectivity index (χ0n) is 10.7. The Hall–Kier alpha value is -0.550. The minimum atomic E-state index is -0.727. The van der Waals surface area contributed by atoms with Crippen molar-refractivity contribution in [2.45, 2.75) is 64.9 Å². The Labute approximate surface area is 98.7 Å². The molecule has 90 valence electrons. The summed E-state index contributed by atoms with van der Waals surface area (Å²) in [5.41, 5.74) is -0.829. The lowest BCUT2D eigenvalue weighted by molar-refractivity contribution is -0.164. The fourth-order valence-corrected chi connectivity index (χ4v) is 3.76. The smallest absolute Gasteiger partial charge is 0.0862 e. The monoisotopic (exact) mass is 221 g/mol. The maximum atomic E-state index is 10.9. The van der Waals surface area contributed by atoms with Crippen LogP contribution in [0.3, 0.4) is 0 Å². The molecule has 1 N–H and O–H groups in total. The number of aliphatic hydroxyl groups is 1. The van der Waals surface area contributed by atoms with Crippen LogP contribution in [0, 0.1) is 28.1 Å². The van der Waals surface area contributed by atoms with E-state index in [2.05, 4.69) is 26.8 Å². The van der Waals surface area contributed by atoms with E-state index in [-0.39, 0.29) is 5.92 Å². The summed E-state index contributed by atoms with van der Waals surface area (Å²) in [5, 5.41) is 20.3. The van der Waals surface area contributed by atoms with Crippen LogP contribution >= 0.6 is 0 Å². The van der Waals surface area contributed by atoms with Gasteiger partial charge in [-0.3, -0.25) is 0 Å². The van der Waals surface area contributed by atoms with Crippen LogP contribution in [0.2, 0.25) is 0 Å². The Bertz CT molecular complexity index is 324. The minimum Gasteiger partial charge on any atom is -0.388 e. The Kier molecular flexibility index (Phi) is 2.58. The summed E-state index contributed by atoms with van der Waals surface area (Å²) < 4.78 is 0. The zero-order chi connectivity index (χ0) is 12.0. The van der Waals surface area contributed by atoms with Crippen molar-refractivity contribution in [3.8, 4) is 6.07 Å². The van der Waals surface area contributed by atoms with Crippen LogP contribution in [0.25, 0.3) is 0 Å². The molecule has 0 aromatic carbocycles. The van der Waals surface area contributed by atoms with Crippen molar-refractivity contribution in [2.24, 2.45) is 16.7 Å². The number of hydrogen-bond donors (Lipinski definition) is 1. The molecule has 16 heavy (non-hydrogen) atoms. The molecule has 2 heteroatoms. The SMILES string of the molecule is CC1CC(C)(C)CCC1(O)C1(C#N)CCC1. The molecular weight excluding hydrogens is 198 g/mol. The second kappa shape index (κ2) is 3.47. The molecule has 0 heterocycles. The molecule has 0 aliphatic heterocycles. The Balaban J connectivity index is 2.23. The molecule has 2 atom stereocenters. The highest BCUT2D eigenvalue weighted by Crippen LogP contribution is 2.58. The number of nitriles is 1. The fraction of sp³-hybridized carbons (Fsp3) is 0.929. The van der Waals surface area contributed by atoms with Gasteiger partial charge in [-0.25, -0.2) is 0 Å². The molecule has 2 nitrogen and oxygen atoms in total. The Morgan fingerprint density at radius 3 is 2.19 bits per heavy atom. The van der Waals surface area contributed by atoms with Crippen molar-refractivity contribution in [1.29, 1.82) is 5.26 Å². The first-order valence-electron chi connectivity index (χ1n) is 6.49. The second-order valence-electron chi connectivity index (χ2n) is 6.74. The predicted molar refractivity (Wildman–Crippen MR) is 63.6 cm³/mol. The predicted octanol–water partition coefficient (Wildman–Crippen LogP) is 3.26. The van der Waals surface area contributed by atoms with Gasteiger partial charge in [0, 0.05) is 0 Å². The molecule has 2 saturated carbocycles. The van der Waals surface area contributed by atoms with Gasteiger partial charge in [-0.1, -0.05) is 27.2 Å². The molecule has 2 unspecified atom stereocenters. The van der Waals surface area contributed by atoms with E-state index >= 15 is 0 Å². The van der Waals surface area contributed by atoms with Gasteiger partial charge >= 0.3 is 0 Å². The van der Waals surface area contributed by atoms with Gasteiger partial charge in [0.05, 0.1) is 17.1 Å². The average molecular weight is 221 g/mol. The third-order valence-corrected chi connectivity index (χ3v) is 5.11. The highest BCUT2D eigenvalue weighted by molar-refractivity contribution is 5.18. The Morgan fingerprint density at radius 2 is 1.81 bits per heavy atom. The minimum absolute atomic E-state index is 0.246. The van der Waals surface area contributed by atoms with Gasteiger partial charge in [-0.15, -0.1) is 0 Å². The lowest BCUT2D eigenvalue weighted by Crippen LogP contribution is -2.58. The van der Waals surface area contributed by atoms with E-state index in [1.54, 1.807) is 0 Å². The summed E-state index contributed by atoms with van der Waals surface area (Å²) >= 11 is 0. The molecule has 0 aromatic rings. The second-order valence-corrected chi connectivity index (χ2v) is 6.74. The molecule has 2 fully saturated rings. The van der Waals surface area contributed by atoms with Gasteiger partial charge in [0.1, 0.15) is 0 Å². The summed E-state index contributed by atoms with van der Waals surface area (Å²) in [6.07, 6.45) is 5.76. The molecule has 2 rings (SSSR count). The lowest BCUT2D eigenvalue weighted by Gasteiger charge is -2.56. The van der Waals surface area contributed by atoms with Crippen LogP contribution in [-0.2, 0) is 0 Å². The van der Waals surface area contributed by atoms with E-state index in [0.717, 1.165) is 38.5 Å². The Morgan fingerprint density at radius 1 is 1.19 bits per heavy atom. The van der Waals surface area contributed by atoms with E-state index in [9.17, 15) is 10.4 Å². The highest BCUT2D eigenvalue weighted by Gasteiger charge is 2.59. The van der Waals surface area contributed by atoms with Crippen molar-refractivity contribution in [3.05, 3.63) is 0 Å². The van der Waals surface area contributed by atoms with Crippen LogP contribution in [0.1, 0.15) is 59.3 Å². The summed E-state index contributed by atoms with van der Waals surface area (Å²) in [6, 6.07) is 2.43. The maximum absolute atomic E-state index is 10.9. The standard InChI is InChI=1S/C14H23NO/c1-11-9-12(2,3)7-8-14(11,16)13(10-15)5-4-6-13/h11,16H,4-9H2,1-3H3. The fourth-order valence-electron chi connectivity index (χ4n) is 3.76. The third-order valence-electron chi connectivity index (χ3n) is 5.11. The first-order chi connectivity index (χ1) is 7.35. The van der Waals surface area contributed by atoms with Crippen LogP contribution in [0.5, 0.6) is 0 Å². The molecule has 0 saturated heterocycles. The van der Waals surface area contributed by atoms with Crippen LogP contribution in [0.4, 0.5) is 0 Å². The summed E-state index contributed by atoms with van der Waals surface area (Å²) in [7, 11) is 0. The molecule has 2 aliphatic carbocycles. The number of rotatable bonds is 1. The topological polar surface area (TPSA) is 44.0 Å². The number of hydrogen-bond acceptors (Lipinski definition) is 2. The van der Waals surface area contributed by atoms with Crippen LogP contribution in [0.15, 0.2) is 0 Å². The van der Waals surface area contributed by atoms with E-state index in [0.29, 0.717) is 5.41 Å². The zero-order valence-corrected chi connectivity index (χ0v) is 10.7. The molecule has 0 spiro atoms. The normalized spacial score (nSPS) is 40.8. The molecule has 2 aliphatic rings. The van der Waals surface area contributed by atoms with Crippen molar-refractivity contribution >= 4 is 0 Å². The van der Waals surface area contributed by atoms with E-state index in [1.165, 1.54) is 0 Å². The molecular formula is C14H23NO. The van der Waals surface area contributed by atoms with E-state index < -0.39 is 11.0 Å². The van der Waals surface area contributed by atoms with Gasteiger partial charge in [-0.05, 0) is 43.4 Å². The quantitative estimate of drug-likeness (QED) is 0.738. The van der Waals surface area contributed by atoms with Crippen LogP contribution < -0.4 is 0 Å². The van der Waals surface area contributed by atoms with Gasteiger partial charge in [0.2, 0.25) is 0 Å². The van der Waals surface area contributed by atoms with E-state index in [4.69, 9.17) is 0 Å². The van der Waals surface area contributed by atoms with Gasteiger partial charge < -0.3 is 5.11 Å². The van der Waals surface area contributed by atoms with Crippen molar-refractivity contribution < 1.29 is 5.11 Å². The summed E-state index contributed by atoms with van der Waals surface area (Å²) in [5.74, 6) is 0.246. The van der Waals surface area contributed by atoms with Crippen molar-refractivity contribution in [3.63, 3.8) is 0 Å².